The van der Waals surface area contributed by atoms with E-state index in [1.54, 1.807) is 0 Å². The van der Waals surface area contributed by atoms with Crippen molar-refractivity contribution in [3.63, 3.8) is 0 Å². The predicted octanol–water partition coefficient (Wildman–Crippen LogP) is 4.13. The van der Waals surface area contributed by atoms with Crippen LogP contribution in [-0.2, 0) is 0 Å². The molecule has 2 rings (SSSR count). The molecule has 0 unspecified atom stereocenters. The van der Waals surface area contributed by atoms with E-state index in [1.165, 1.54) is 25.7 Å². The first-order valence-corrected chi connectivity index (χ1v) is 6.82. The van der Waals surface area contributed by atoms with Gasteiger partial charge in [-0.3, -0.25) is 0 Å². The van der Waals surface area contributed by atoms with Gasteiger partial charge in [-0.2, -0.15) is 5.26 Å². The summed E-state index contributed by atoms with van der Waals surface area (Å²) in [7, 11) is 0. The van der Waals surface area contributed by atoms with E-state index in [2.05, 4.69) is 26.8 Å². The molecular weight excluding hydrogens is 202 g/mol. The van der Waals surface area contributed by atoms with E-state index in [1.807, 2.05) is 11.8 Å². The summed E-state index contributed by atoms with van der Waals surface area (Å²) in [5, 5.41) is 9.37. The van der Waals surface area contributed by atoms with Gasteiger partial charge in [-0.1, -0.05) is 33.6 Å². The summed E-state index contributed by atoms with van der Waals surface area (Å²) in [6.45, 7) is 6.66. The molecule has 0 amide bonds. The summed E-state index contributed by atoms with van der Waals surface area (Å²) in [5.41, 5.74) is 0.577. The monoisotopic (exact) mass is 223 g/mol. The minimum Gasteiger partial charge on any atom is -0.197 e. The number of hydrogen-bond acceptors (Lipinski definition) is 2. The van der Waals surface area contributed by atoms with Crippen molar-refractivity contribution in [2.45, 2.75) is 68.8 Å². The van der Waals surface area contributed by atoms with E-state index in [0.717, 1.165) is 12.8 Å². The molecule has 0 N–H and O–H groups in total. The highest BCUT2D eigenvalue weighted by Gasteiger charge is 2.57. The summed E-state index contributed by atoms with van der Waals surface area (Å²) in [6, 6.07) is 2.59. The Hall–Kier alpha value is -0.160. The molecule has 2 fully saturated rings. The highest BCUT2D eigenvalue weighted by molar-refractivity contribution is 8.02. The standard InChI is InChI=1S/C13H21NS/c1-11(2,3)15-13(10-14)8-12(9-13)6-4-5-7-12/h4-9H2,1-3H3. The van der Waals surface area contributed by atoms with Crippen LogP contribution in [-0.4, -0.2) is 9.49 Å². The molecule has 2 aliphatic carbocycles. The zero-order valence-electron chi connectivity index (χ0n) is 10.1. The van der Waals surface area contributed by atoms with Gasteiger partial charge in [-0.05, 0) is 31.1 Å². The fourth-order valence-corrected chi connectivity index (χ4v) is 5.37. The summed E-state index contributed by atoms with van der Waals surface area (Å²) in [6.07, 6.45) is 7.84. The van der Waals surface area contributed by atoms with Gasteiger partial charge in [0.25, 0.3) is 0 Å². The number of rotatable bonds is 1. The van der Waals surface area contributed by atoms with Gasteiger partial charge in [0.2, 0.25) is 0 Å². The van der Waals surface area contributed by atoms with Gasteiger partial charge in [0, 0.05) is 4.75 Å². The van der Waals surface area contributed by atoms with Gasteiger partial charge in [0.05, 0.1) is 6.07 Å². The van der Waals surface area contributed by atoms with Crippen LogP contribution in [0.15, 0.2) is 0 Å². The molecule has 0 aromatic rings. The van der Waals surface area contributed by atoms with Crippen molar-refractivity contribution < 1.29 is 0 Å². The van der Waals surface area contributed by atoms with Gasteiger partial charge in [0.1, 0.15) is 4.75 Å². The largest absolute Gasteiger partial charge is 0.197 e. The third-order valence-corrected chi connectivity index (χ3v) is 5.07. The molecule has 0 aromatic carbocycles. The van der Waals surface area contributed by atoms with Gasteiger partial charge < -0.3 is 0 Å². The molecule has 2 saturated carbocycles. The number of nitrogens with zero attached hydrogens (tertiary/aromatic N) is 1. The Morgan fingerprint density at radius 2 is 1.67 bits per heavy atom. The molecule has 1 spiro atoms. The molecule has 0 aliphatic heterocycles. The van der Waals surface area contributed by atoms with Crippen LogP contribution >= 0.6 is 11.8 Å². The van der Waals surface area contributed by atoms with Crippen molar-refractivity contribution in [3.05, 3.63) is 0 Å². The fourth-order valence-electron chi connectivity index (χ4n) is 3.40. The first kappa shape index (κ1) is 11.3. The third kappa shape index (κ3) is 2.18. The van der Waals surface area contributed by atoms with Gasteiger partial charge >= 0.3 is 0 Å². The lowest BCUT2D eigenvalue weighted by Crippen LogP contribution is -2.49. The molecule has 0 atom stereocenters. The Kier molecular flexibility index (Phi) is 2.58. The molecule has 0 radical (unpaired) electrons. The lowest BCUT2D eigenvalue weighted by molar-refractivity contribution is 0.118. The summed E-state index contributed by atoms with van der Waals surface area (Å²) in [5.74, 6) is 0. The zero-order chi connectivity index (χ0) is 11.2. The van der Waals surface area contributed by atoms with Crippen molar-refractivity contribution in [1.29, 1.82) is 5.26 Å². The van der Waals surface area contributed by atoms with Gasteiger partial charge in [-0.25, -0.2) is 0 Å². The van der Waals surface area contributed by atoms with Crippen LogP contribution in [0.5, 0.6) is 0 Å². The van der Waals surface area contributed by atoms with E-state index in [4.69, 9.17) is 0 Å². The van der Waals surface area contributed by atoms with E-state index < -0.39 is 0 Å². The second-order valence-electron chi connectivity index (χ2n) is 6.38. The van der Waals surface area contributed by atoms with Crippen molar-refractivity contribution in [2.75, 3.05) is 0 Å². The first-order chi connectivity index (χ1) is 6.89. The van der Waals surface area contributed by atoms with Crippen LogP contribution in [0.25, 0.3) is 0 Å². The number of thioether (sulfide) groups is 1. The number of nitriles is 1. The van der Waals surface area contributed by atoms with Crippen LogP contribution in [0.4, 0.5) is 0 Å². The molecular formula is C13H21NS. The Balaban J connectivity index is 2.01. The SMILES string of the molecule is CC(C)(C)SC1(C#N)CC2(CCCC2)C1. The highest BCUT2D eigenvalue weighted by atomic mass is 32.2. The Bertz CT molecular complexity index is 281. The summed E-state index contributed by atoms with van der Waals surface area (Å²) in [4.78, 5) is 0. The van der Waals surface area contributed by atoms with Gasteiger partial charge in [0.15, 0.2) is 0 Å². The zero-order valence-corrected chi connectivity index (χ0v) is 10.9. The molecule has 0 bridgehead atoms. The minimum atomic E-state index is -0.0530. The van der Waals surface area contributed by atoms with Crippen LogP contribution < -0.4 is 0 Å². The normalized spacial score (nSPS) is 27.3. The molecule has 84 valence electrons. The Morgan fingerprint density at radius 3 is 2.07 bits per heavy atom. The summed E-state index contributed by atoms with van der Waals surface area (Å²) >= 11 is 1.89. The quantitative estimate of drug-likeness (QED) is 0.667. The average molecular weight is 223 g/mol. The van der Waals surface area contributed by atoms with E-state index in [0.29, 0.717) is 5.41 Å². The van der Waals surface area contributed by atoms with Crippen LogP contribution in [0.3, 0.4) is 0 Å². The lowest BCUT2D eigenvalue weighted by Gasteiger charge is -2.52. The van der Waals surface area contributed by atoms with E-state index in [9.17, 15) is 5.26 Å². The Labute approximate surface area is 97.6 Å². The lowest BCUT2D eigenvalue weighted by atomic mass is 9.61. The van der Waals surface area contributed by atoms with E-state index >= 15 is 0 Å². The van der Waals surface area contributed by atoms with Gasteiger partial charge in [-0.15, -0.1) is 11.8 Å². The van der Waals surface area contributed by atoms with E-state index in [-0.39, 0.29) is 9.49 Å². The molecule has 2 aliphatic rings. The van der Waals surface area contributed by atoms with Crippen molar-refractivity contribution in [2.24, 2.45) is 5.41 Å². The smallest absolute Gasteiger partial charge is 0.104 e. The number of hydrogen-bond donors (Lipinski definition) is 0. The maximum atomic E-state index is 9.37. The summed E-state index contributed by atoms with van der Waals surface area (Å²) < 4.78 is 0.165. The van der Waals surface area contributed by atoms with Crippen LogP contribution in [0.2, 0.25) is 0 Å². The van der Waals surface area contributed by atoms with Crippen molar-refractivity contribution in [1.82, 2.24) is 0 Å². The topological polar surface area (TPSA) is 23.8 Å². The second kappa shape index (κ2) is 3.42. The predicted molar refractivity (Wildman–Crippen MR) is 65.8 cm³/mol. The maximum Gasteiger partial charge on any atom is 0.104 e. The van der Waals surface area contributed by atoms with Crippen molar-refractivity contribution in [3.8, 4) is 6.07 Å². The average Bonchev–Trinajstić information content (AvgIpc) is 2.48. The molecule has 15 heavy (non-hydrogen) atoms. The molecule has 1 nitrogen and oxygen atoms in total. The molecule has 0 aromatic heterocycles. The third-order valence-electron chi connectivity index (χ3n) is 3.69. The minimum absolute atomic E-state index is 0.0530. The van der Waals surface area contributed by atoms with Crippen molar-refractivity contribution >= 4 is 11.8 Å². The second-order valence-corrected chi connectivity index (χ2v) is 8.59. The highest BCUT2D eigenvalue weighted by Crippen LogP contribution is 2.64. The maximum absolute atomic E-state index is 9.37. The van der Waals surface area contributed by atoms with Crippen LogP contribution in [0.1, 0.15) is 59.3 Å². The molecule has 0 saturated heterocycles. The molecule has 2 heteroatoms. The molecule has 0 heterocycles. The fraction of sp³-hybridized carbons (Fsp3) is 0.923. The Morgan fingerprint density at radius 1 is 1.13 bits per heavy atom. The first-order valence-electron chi connectivity index (χ1n) is 6.00. The van der Waals surface area contributed by atoms with Crippen LogP contribution in [0, 0.1) is 16.7 Å².